The Balaban J connectivity index is 1.72. The van der Waals surface area contributed by atoms with Crippen LogP contribution in [0, 0.1) is 22.7 Å². The zero-order chi connectivity index (χ0) is 16.8. The van der Waals surface area contributed by atoms with Crippen LogP contribution in [-0.4, -0.2) is 0 Å². The third kappa shape index (κ3) is 3.52. The maximum absolute atomic E-state index is 8.69. The zero-order valence-corrected chi connectivity index (χ0v) is 12.7. The lowest BCUT2D eigenvalue weighted by molar-refractivity contribution is 0.483. The summed E-state index contributed by atoms with van der Waals surface area (Å²) in [5, 5.41) is 22.6. The van der Waals surface area contributed by atoms with Gasteiger partial charge in [-0.15, -0.1) is 0 Å². The maximum atomic E-state index is 8.69. The normalized spacial score (nSPS) is 9.58. The van der Waals surface area contributed by atoms with Crippen molar-refractivity contribution in [2.75, 3.05) is 5.32 Å². The van der Waals surface area contributed by atoms with Crippen molar-refractivity contribution in [3.8, 4) is 23.6 Å². The van der Waals surface area contributed by atoms with Gasteiger partial charge in [-0.1, -0.05) is 30.3 Å². The predicted molar refractivity (Wildman–Crippen MR) is 93.4 cm³/mol. The van der Waals surface area contributed by atoms with Gasteiger partial charge in [0.15, 0.2) is 0 Å². The largest absolute Gasteiger partial charge is 0.457 e. The number of anilines is 1. The lowest BCUT2D eigenvalue weighted by Crippen LogP contribution is -1.90. The minimum absolute atomic E-state index is 0.0199. The summed E-state index contributed by atoms with van der Waals surface area (Å²) in [6.45, 7) is 0. The van der Waals surface area contributed by atoms with Crippen LogP contribution in [0.3, 0.4) is 0 Å². The van der Waals surface area contributed by atoms with Gasteiger partial charge in [0.05, 0.1) is 0 Å². The molecule has 3 rings (SSSR count). The van der Waals surface area contributed by atoms with Gasteiger partial charge in [0.1, 0.15) is 29.2 Å². The van der Waals surface area contributed by atoms with Crippen LogP contribution in [0.2, 0.25) is 0 Å². The van der Waals surface area contributed by atoms with E-state index in [1.54, 1.807) is 12.1 Å². The minimum Gasteiger partial charge on any atom is -0.457 e. The summed E-state index contributed by atoms with van der Waals surface area (Å²) in [4.78, 5) is 0. The quantitative estimate of drug-likeness (QED) is 0.690. The van der Waals surface area contributed by atoms with Gasteiger partial charge in [-0.3, -0.25) is 0 Å². The van der Waals surface area contributed by atoms with E-state index in [9.17, 15) is 0 Å². The molecule has 3 aromatic rings. The topological polar surface area (TPSA) is 68.8 Å². The smallest absolute Gasteiger partial charge is 0.145 e. The van der Waals surface area contributed by atoms with E-state index in [0.29, 0.717) is 5.75 Å². The van der Waals surface area contributed by atoms with Crippen LogP contribution in [0.4, 0.5) is 5.69 Å². The molecule has 4 nitrogen and oxygen atoms in total. The van der Waals surface area contributed by atoms with E-state index in [-0.39, 0.29) is 5.57 Å². The maximum Gasteiger partial charge on any atom is 0.145 e. The predicted octanol–water partition coefficient (Wildman–Crippen LogP) is 4.98. The molecule has 3 aromatic carbocycles. The first kappa shape index (κ1) is 15.1. The number of hydrogen-bond acceptors (Lipinski definition) is 4. The highest BCUT2D eigenvalue weighted by Gasteiger charge is 2.00. The average molecular weight is 311 g/mol. The third-order valence-electron chi connectivity index (χ3n) is 3.44. The van der Waals surface area contributed by atoms with E-state index in [1.807, 2.05) is 60.7 Å². The summed E-state index contributed by atoms with van der Waals surface area (Å²) in [6.07, 6.45) is 1.37. The van der Waals surface area contributed by atoms with Crippen molar-refractivity contribution in [3.63, 3.8) is 0 Å². The van der Waals surface area contributed by atoms with E-state index in [4.69, 9.17) is 15.3 Å². The van der Waals surface area contributed by atoms with Crippen molar-refractivity contribution in [3.05, 3.63) is 78.5 Å². The van der Waals surface area contributed by atoms with Gasteiger partial charge in [-0.25, -0.2) is 0 Å². The Bertz CT molecular complexity index is 960. The van der Waals surface area contributed by atoms with Crippen LogP contribution in [0.25, 0.3) is 10.8 Å². The standard InChI is InChI=1S/C20H13N3O/c21-12-15(13-22)14-23-18-6-9-19(10-7-18)24-20-8-5-16-3-1-2-4-17(16)11-20/h1-11,14,23H. The van der Waals surface area contributed by atoms with Gasteiger partial charge in [0.25, 0.3) is 0 Å². The molecule has 0 radical (unpaired) electrons. The summed E-state index contributed by atoms with van der Waals surface area (Å²) in [5.74, 6) is 1.48. The van der Waals surface area contributed by atoms with Crippen LogP contribution >= 0.6 is 0 Å². The zero-order valence-electron chi connectivity index (χ0n) is 12.7. The number of nitrogens with zero attached hydrogens (tertiary/aromatic N) is 2. The first-order valence-corrected chi connectivity index (χ1v) is 7.32. The first-order chi connectivity index (χ1) is 11.8. The van der Waals surface area contributed by atoms with Crippen molar-refractivity contribution >= 4 is 16.5 Å². The number of benzene rings is 3. The highest BCUT2D eigenvalue weighted by Crippen LogP contribution is 2.26. The molecule has 0 heterocycles. The van der Waals surface area contributed by atoms with E-state index in [2.05, 4.69) is 11.4 Å². The summed E-state index contributed by atoms with van der Waals surface area (Å²) >= 11 is 0. The van der Waals surface area contributed by atoms with E-state index in [0.717, 1.165) is 16.8 Å². The Labute approximate surface area is 139 Å². The number of allylic oxidation sites excluding steroid dienone is 1. The van der Waals surface area contributed by atoms with Gasteiger partial charge in [-0.2, -0.15) is 10.5 Å². The molecule has 4 heteroatoms. The number of ether oxygens (including phenoxy) is 1. The number of nitriles is 2. The highest BCUT2D eigenvalue weighted by molar-refractivity contribution is 5.83. The van der Waals surface area contributed by atoms with Gasteiger partial charge >= 0.3 is 0 Å². The third-order valence-corrected chi connectivity index (χ3v) is 3.44. The summed E-state index contributed by atoms with van der Waals surface area (Å²) in [5.41, 5.74) is 0.787. The molecule has 0 saturated carbocycles. The Morgan fingerprint density at radius 1 is 0.833 bits per heavy atom. The molecule has 1 N–H and O–H groups in total. The van der Waals surface area contributed by atoms with Crippen LogP contribution in [0.5, 0.6) is 11.5 Å². The Morgan fingerprint density at radius 2 is 1.50 bits per heavy atom. The van der Waals surface area contributed by atoms with Crippen molar-refractivity contribution in [2.24, 2.45) is 0 Å². The molecule has 0 atom stereocenters. The molecule has 0 fully saturated rings. The summed E-state index contributed by atoms with van der Waals surface area (Å²) < 4.78 is 5.86. The molecule has 0 saturated heterocycles. The second kappa shape index (κ2) is 7.00. The van der Waals surface area contributed by atoms with Gasteiger partial charge in [0.2, 0.25) is 0 Å². The molecule has 0 spiro atoms. The fourth-order valence-corrected chi connectivity index (χ4v) is 2.23. The molecule has 0 aliphatic carbocycles. The number of nitrogens with one attached hydrogen (secondary N) is 1. The van der Waals surface area contributed by atoms with Crippen LogP contribution in [0.1, 0.15) is 0 Å². The number of rotatable bonds is 4. The van der Waals surface area contributed by atoms with Gasteiger partial charge in [-0.05, 0) is 47.2 Å². The van der Waals surface area contributed by atoms with Crippen LogP contribution < -0.4 is 10.1 Å². The van der Waals surface area contributed by atoms with Gasteiger partial charge < -0.3 is 10.1 Å². The van der Waals surface area contributed by atoms with Crippen molar-refractivity contribution in [1.82, 2.24) is 0 Å². The van der Waals surface area contributed by atoms with E-state index < -0.39 is 0 Å². The molecule has 0 bridgehead atoms. The van der Waals surface area contributed by atoms with E-state index >= 15 is 0 Å². The minimum atomic E-state index is 0.0199. The lowest BCUT2D eigenvalue weighted by atomic mass is 10.1. The Kier molecular flexibility index (Phi) is 4.42. The second-order valence-electron chi connectivity index (χ2n) is 5.06. The molecule has 0 aromatic heterocycles. The second-order valence-corrected chi connectivity index (χ2v) is 5.06. The highest BCUT2D eigenvalue weighted by atomic mass is 16.5. The molecular weight excluding hydrogens is 298 g/mol. The molecule has 0 aliphatic heterocycles. The van der Waals surface area contributed by atoms with Gasteiger partial charge in [0, 0.05) is 11.9 Å². The monoisotopic (exact) mass is 311 g/mol. The molecule has 0 unspecified atom stereocenters. The molecular formula is C20H13N3O. The van der Waals surface area contributed by atoms with Crippen LogP contribution in [0.15, 0.2) is 78.5 Å². The van der Waals surface area contributed by atoms with Crippen molar-refractivity contribution in [1.29, 1.82) is 10.5 Å². The Morgan fingerprint density at radius 3 is 2.21 bits per heavy atom. The average Bonchev–Trinajstić information content (AvgIpc) is 2.64. The molecule has 0 amide bonds. The number of fused-ring (bicyclic) bond motifs is 1. The summed E-state index contributed by atoms with van der Waals surface area (Å²) in [6, 6.07) is 24.9. The molecule has 0 aliphatic rings. The molecule has 114 valence electrons. The summed E-state index contributed by atoms with van der Waals surface area (Å²) in [7, 11) is 0. The molecule has 24 heavy (non-hydrogen) atoms. The fraction of sp³-hybridized carbons (Fsp3) is 0. The fourth-order valence-electron chi connectivity index (χ4n) is 2.23. The lowest BCUT2D eigenvalue weighted by Gasteiger charge is -2.08. The SMILES string of the molecule is N#CC(C#N)=CNc1ccc(Oc2ccc3ccccc3c2)cc1. The van der Waals surface area contributed by atoms with Crippen molar-refractivity contribution < 1.29 is 4.74 Å². The van der Waals surface area contributed by atoms with Crippen LogP contribution in [-0.2, 0) is 0 Å². The van der Waals surface area contributed by atoms with Crippen molar-refractivity contribution in [2.45, 2.75) is 0 Å². The number of hydrogen-bond donors (Lipinski definition) is 1. The van der Waals surface area contributed by atoms with E-state index in [1.165, 1.54) is 11.6 Å². The Hall–Kier alpha value is -3.76. The first-order valence-electron chi connectivity index (χ1n) is 7.32.